The summed E-state index contributed by atoms with van der Waals surface area (Å²) in [5, 5.41) is 29.7. The van der Waals surface area contributed by atoms with E-state index >= 15 is 0 Å². The van der Waals surface area contributed by atoms with Crippen molar-refractivity contribution in [1.29, 1.82) is 0 Å². The van der Waals surface area contributed by atoms with Crippen LogP contribution in [0.3, 0.4) is 0 Å². The zero-order chi connectivity index (χ0) is 13.5. The summed E-state index contributed by atoms with van der Waals surface area (Å²) >= 11 is 0. The number of amides is 2. The Morgan fingerprint density at radius 3 is 2.28 bits per heavy atom. The zero-order valence-electron chi connectivity index (χ0n) is 10.2. The molecular weight excluding hydrogens is 240 g/mol. The number of aliphatic carboxylic acids is 1. The number of hydrogen-bond acceptors (Lipinski definition) is 4. The van der Waals surface area contributed by atoms with Gasteiger partial charge in [0, 0.05) is 13.0 Å². The smallest absolute Gasteiger partial charge is 0.317 e. The van der Waals surface area contributed by atoms with Crippen molar-refractivity contribution in [1.82, 2.24) is 10.2 Å². The molecule has 4 N–H and O–H groups in total. The molecule has 0 spiro atoms. The third-order valence-electron chi connectivity index (χ3n) is 2.89. The van der Waals surface area contributed by atoms with Crippen molar-refractivity contribution in [3.63, 3.8) is 0 Å². The molecule has 2 unspecified atom stereocenters. The van der Waals surface area contributed by atoms with E-state index in [-0.39, 0.29) is 25.5 Å². The summed E-state index contributed by atoms with van der Waals surface area (Å²) in [6, 6.07) is -0.302. The van der Waals surface area contributed by atoms with Gasteiger partial charge in [0.15, 0.2) is 0 Å². The minimum atomic E-state index is -0.869. The van der Waals surface area contributed by atoms with Gasteiger partial charge in [0.05, 0.1) is 25.3 Å². The maximum atomic E-state index is 11.6. The normalized spacial score (nSPS) is 23.1. The van der Waals surface area contributed by atoms with E-state index in [2.05, 4.69) is 5.32 Å². The topological polar surface area (TPSA) is 110 Å². The van der Waals surface area contributed by atoms with Gasteiger partial charge in [-0.25, -0.2) is 4.79 Å². The van der Waals surface area contributed by atoms with Gasteiger partial charge in [-0.15, -0.1) is 0 Å². The minimum Gasteiger partial charge on any atom is -0.481 e. The number of urea groups is 1. The lowest BCUT2D eigenvalue weighted by Crippen LogP contribution is -2.39. The van der Waals surface area contributed by atoms with Gasteiger partial charge in [-0.3, -0.25) is 4.79 Å². The van der Waals surface area contributed by atoms with Gasteiger partial charge in [0.25, 0.3) is 0 Å². The highest BCUT2D eigenvalue weighted by Gasteiger charge is 2.32. The van der Waals surface area contributed by atoms with Crippen LogP contribution in [0.5, 0.6) is 0 Å². The lowest BCUT2D eigenvalue weighted by molar-refractivity contribution is -0.137. The summed E-state index contributed by atoms with van der Waals surface area (Å²) in [5.74, 6) is -0.806. The van der Waals surface area contributed by atoms with Crippen molar-refractivity contribution in [3.05, 3.63) is 0 Å². The fraction of sp³-hybridized carbons (Fsp3) is 0.818. The molecule has 1 fully saturated rings. The molecule has 0 aromatic rings. The van der Waals surface area contributed by atoms with Crippen LogP contribution in [0, 0.1) is 0 Å². The number of hydrogen-bond donors (Lipinski definition) is 4. The Hall–Kier alpha value is -1.34. The van der Waals surface area contributed by atoms with E-state index < -0.39 is 18.2 Å². The molecule has 1 heterocycles. The summed E-state index contributed by atoms with van der Waals surface area (Å²) < 4.78 is 0. The fourth-order valence-corrected chi connectivity index (χ4v) is 1.82. The van der Waals surface area contributed by atoms with Gasteiger partial charge in [0.1, 0.15) is 0 Å². The SMILES string of the molecule is O=C(O)CCCCCNC(=O)N1CC(O)C(O)C1. The Morgan fingerprint density at radius 2 is 1.72 bits per heavy atom. The standard InChI is InChI=1S/C11H20N2O5/c14-8-6-13(7-9(8)15)11(18)12-5-3-1-2-4-10(16)17/h8-9,14-15H,1-7H2,(H,12,18)(H,16,17). The van der Waals surface area contributed by atoms with E-state index in [9.17, 15) is 19.8 Å². The second-order valence-corrected chi connectivity index (χ2v) is 4.48. The number of carbonyl (C=O) groups excluding carboxylic acids is 1. The highest BCUT2D eigenvalue weighted by Crippen LogP contribution is 2.09. The molecule has 0 saturated carbocycles. The van der Waals surface area contributed by atoms with Crippen molar-refractivity contribution < 1.29 is 24.9 Å². The zero-order valence-corrected chi connectivity index (χ0v) is 10.2. The minimum absolute atomic E-state index is 0.145. The van der Waals surface area contributed by atoms with Crippen molar-refractivity contribution in [2.75, 3.05) is 19.6 Å². The largest absolute Gasteiger partial charge is 0.481 e. The summed E-state index contributed by atoms with van der Waals surface area (Å²) in [6.45, 7) is 0.763. The van der Waals surface area contributed by atoms with Crippen LogP contribution in [0.15, 0.2) is 0 Å². The second-order valence-electron chi connectivity index (χ2n) is 4.48. The number of nitrogens with zero attached hydrogens (tertiary/aromatic N) is 1. The quantitative estimate of drug-likeness (QED) is 0.476. The van der Waals surface area contributed by atoms with E-state index in [1.165, 1.54) is 4.90 Å². The van der Waals surface area contributed by atoms with Gasteiger partial charge in [-0.1, -0.05) is 6.42 Å². The summed E-state index contributed by atoms with van der Waals surface area (Å²) in [4.78, 5) is 23.2. The van der Waals surface area contributed by atoms with E-state index in [0.717, 1.165) is 12.8 Å². The van der Waals surface area contributed by atoms with Crippen molar-refractivity contribution >= 4 is 12.0 Å². The third kappa shape index (κ3) is 4.89. The number of carboxylic acids is 1. The molecule has 0 radical (unpaired) electrons. The first kappa shape index (κ1) is 14.7. The van der Waals surface area contributed by atoms with Crippen LogP contribution in [0.25, 0.3) is 0 Å². The maximum Gasteiger partial charge on any atom is 0.317 e. The van der Waals surface area contributed by atoms with Gasteiger partial charge in [-0.05, 0) is 12.8 Å². The number of rotatable bonds is 6. The van der Waals surface area contributed by atoms with Gasteiger partial charge < -0.3 is 25.5 Å². The second kappa shape index (κ2) is 7.17. The van der Waals surface area contributed by atoms with E-state index in [1.807, 2.05) is 0 Å². The van der Waals surface area contributed by atoms with Crippen LogP contribution >= 0.6 is 0 Å². The molecule has 7 heteroatoms. The molecule has 104 valence electrons. The first-order valence-corrected chi connectivity index (χ1v) is 6.11. The van der Waals surface area contributed by atoms with Crippen LogP contribution in [0.2, 0.25) is 0 Å². The Morgan fingerprint density at radius 1 is 1.11 bits per heavy atom. The molecule has 1 rings (SSSR count). The number of aliphatic hydroxyl groups is 2. The van der Waals surface area contributed by atoms with Crippen LogP contribution in [-0.2, 0) is 4.79 Å². The van der Waals surface area contributed by atoms with Gasteiger partial charge in [0.2, 0.25) is 0 Å². The van der Waals surface area contributed by atoms with Crippen LogP contribution in [0.1, 0.15) is 25.7 Å². The van der Waals surface area contributed by atoms with Crippen LogP contribution in [0.4, 0.5) is 4.79 Å². The van der Waals surface area contributed by atoms with Gasteiger partial charge >= 0.3 is 12.0 Å². The summed E-state index contributed by atoms with van der Waals surface area (Å²) in [7, 11) is 0. The average molecular weight is 260 g/mol. The molecule has 2 atom stereocenters. The molecule has 18 heavy (non-hydrogen) atoms. The molecule has 0 aromatic heterocycles. The predicted molar refractivity (Wildman–Crippen MR) is 63.1 cm³/mol. The predicted octanol–water partition coefficient (Wildman–Crippen LogP) is -0.622. The van der Waals surface area contributed by atoms with Crippen LogP contribution < -0.4 is 5.32 Å². The fourth-order valence-electron chi connectivity index (χ4n) is 1.82. The first-order valence-electron chi connectivity index (χ1n) is 6.11. The molecule has 0 aliphatic carbocycles. The average Bonchev–Trinajstić information content (AvgIpc) is 2.63. The van der Waals surface area contributed by atoms with Crippen molar-refractivity contribution in [3.8, 4) is 0 Å². The van der Waals surface area contributed by atoms with Crippen molar-refractivity contribution in [2.45, 2.75) is 37.9 Å². The van der Waals surface area contributed by atoms with E-state index in [0.29, 0.717) is 13.0 Å². The number of β-amino-alcohol motifs (C(OH)–C–C–N with tert-alkyl or cyclic N) is 2. The third-order valence-corrected chi connectivity index (χ3v) is 2.89. The van der Waals surface area contributed by atoms with Crippen LogP contribution in [-0.4, -0.2) is 64.1 Å². The van der Waals surface area contributed by atoms with E-state index in [4.69, 9.17) is 5.11 Å². The number of nitrogens with one attached hydrogen (secondary N) is 1. The molecule has 1 saturated heterocycles. The Balaban J connectivity index is 2.05. The van der Waals surface area contributed by atoms with Gasteiger partial charge in [-0.2, -0.15) is 0 Å². The number of likely N-dealkylation sites (tertiary alicyclic amines) is 1. The number of carboxylic acid groups (broad SMARTS) is 1. The number of unbranched alkanes of at least 4 members (excludes halogenated alkanes) is 2. The molecule has 2 amide bonds. The molecule has 1 aliphatic heterocycles. The number of aliphatic hydroxyl groups excluding tert-OH is 2. The molecule has 0 aromatic carbocycles. The maximum absolute atomic E-state index is 11.6. The lowest BCUT2D eigenvalue weighted by atomic mass is 10.2. The highest BCUT2D eigenvalue weighted by atomic mass is 16.4. The molecule has 1 aliphatic rings. The van der Waals surface area contributed by atoms with Crippen molar-refractivity contribution in [2.24, 2.45) is 0 Å². The summed E-state index contributed by atoms with van der Waals surface area (Å²) in [6.07, 6.45) is 0.485. The number of carbonyl (C=O) groups is 2. The Kier molecular flexibility index (Phi) is 5.87. The Labute approximate surface area is 105 Å². The van der Waals surface area contributed by atoms with E-state index in [1.54, 1.807) is 0 Å². The monoisotopic (exact) mass is 260 g/mol. The highest BCUT2D eigenvalue weighted by molar-refractivity contribution is 5.74. The summed E-state index contributed by atoms with van der Waals surface area (Å²) in [5.41, 5.74) is 0. The lowest BCUT2D eigenvalue weighted by Gasteiger charge is -2.16. The Bertz CT molecular complexity index is 287. The molecule has 7 nitrogen and oxygen atoms in total. The first-order chi connectivity index (χ1) is 8.50. The molecular formula is C11H20N2O5. The molecule has 0 bridgehead atoms.